The molecule has 1 amide bonds. The number of thiophene rings is 1. The van der Waals surface area contributed by atoms with E-state index in [0.29, 0.717) is 13.1 Å². The van der Waals surface area contributed by atoms with E-state index in [1.807, 2.05) is 36.1 Å². The van der Waals surface area contributed by atoms with Crippen molar-refractivity contribution in [3.8, 4) is 0 Å². The molecule has 0 fully saturated rings. The van der Waals surface area contributed by atoms with Crippen LogP contribution in [0.25, 0.3) is 0 Å². The Morgan fingerprint density at radius 3 is 2.81 bits per heavy atom. The van der Waals surface area contributed by atoms with Gasteiger partial charge >= 0.3 is 0 Å². The highest BCUT2D eigenvalue weighted by molar-refractivity contribution is 7.16. The second-order valence-electron chi connectivity index (χ2n) is 5.11. The Balaban J connectivity index is 1.78. The third-order valence-corrected chi connectivity index (χ3v) is 4.94. The van der Waals surface area contributed by atoms with E-state index in [1.165, 1.54) is 22.5 Å². The number of halogens is 1. The lowest BCUT2D eigenvalue weighted by Crippen LogP contribution is -2.30. The molecule has 0 aliphatic carbocycles. The van der Waals surface area contributed by atoms with Crippen molar-refractivity contribution in [1.29, 1.82) is 0 Å². The normalized spacial score (nSPS) is 13.2. The Morgan fingerprint density at radius 2 is 2.10 bits per heavy atom. The van der Waals surface area contributed by atoms with Crippen LogP contribution in [-0.4, -0.2) is 17.4 Å². The minimum absolute atomic E-state index is 0.0803. The van der Waals surface area contributed by atoms with Crippen LogP contribution in [0.15, 0.2) is 30.3 Å². The first-order valence-corrected chi connectivity index (χ1v) is 8.23. The Kier molecular flexibility index (Phi) is 4.29. The van der Waals surface area contributed by atoms with Crippen LogP contribution in [0.5, 0.6) is 0 Å². The van der Waals surface area contributed by atoms with Crippen molar-refractivity contribution in [2.75, 3.05) is 6.54 Å². The highest BCUT2D eigenvalue weighted by Crippen LogP contribution is 2.24. The molecule has 0 atom stereocenters. The zero-order valence-corrected chi connectivity index (χ0v) is 13.4. The zero-order chi connectivity index (χ0) is 14.8. The Labute approximate surface area is 133 Å². The lowest BCUT2D eigenvalue weighted by Gasteiger charge is -2.20. The van der Waals surface area contributed by atoms with Crippen LogP contribution in [0.2, 0.25) is 4.34 Å². The van der Waals surface area contributed by atoms with Crippen molar-refractivity contribution in [1.82, 2.24) is 10.2 Å². The summed E-state index contributed by atoms with van der Waals surface area (Å²) in [4.78, 5) is 15.6. The molecule has 2 aromatic rings. The maximum absolute atomic E-state index is 12.7. The minimum atomic E-state index is 0.0803. The number of carbonyl (C=O) groups excluding carboxylic acids is 1. The van der Waals surface area contributed by atoms with Crippen molar-refractivity contribution in [3.63, 3.8) is 0 Å². The molecule has 1 N–H and O–H groups in total. The maximum atomic E-state index is 12.7. The Morgan fingerprint density at radius 1 is 1.29 bits per heavy atom. The summed E-state index contributed by atoms with van der Waals surface area (Å²) in [6, 6.07) is 9.86. The van der Waals surface area contributed by atoms with Crippen LogP contribution in [0.1, 0.15) is 33.3 Å². The third-order valence-electron chi connectivity index (χ3n) is 3.73. The summed E-state index contributed by atoms with van der Waals surface area (Å²) in [5, 5.41) is 3.30. The first-order chi connectivity index (χ1) is 10.2. The molecule has 0 bridgehead atoms. The number of nitrogens with zero attached hydrogens (tertiary/aromatic N) is 1. The molecule has 0 saturated carbocycles. The van der Waals surface area contributed by atoms with E-state index in [0.717, 1.165) is 27.9 Å². The van der Waals surface area contributed by atoms with Gasteiger partial charge in [-0.15, -0.1) is 11.3 Å². The minimum Gasteiger partial charge on any atom is -0.334 e. The molecule has 21 heavy (non-hydrogen) atoms. The molecule has 0 saturated heterocycles. The second kappa shape index (κ2) is 6.18. The smallest absolute Gasteiger partial charge is 0.254 e. The largest absolute Gasteiger partial charge is 0.334 e. The Hall–Kier alpha value is -1.36. The predicted molar refractivity (Wildman–Crippen MR) is 86.7 cm³/mol. The van der Waals surface area contributed by atoms with Crippen molar-refractivity contribution in [2.24, 2.45) is 0 Å². The van der Waals surface area contributed by atoms with Gasteiger partial charge in [-0.3, -0.25) is 4.79 Å². The number of benzene rings is 1. The molecule has 1 aromatic carbocycles. The summed E-state index contributed by atoms with van der Waals surface area (Å²) in [5.41, 5.74) is 3.29. The van der Waals surface area contributed by atoms with Crippen LogP contribution in [-0.2, 0) is 19.6 Å². The summed E-state index contributed by atoms with van der Waals surface area (Å²) in [6.45, 7) is 5.05. The summed E-state index contributed by atoms with van der Waals surface area (Å²) >= 11 is 7.48. The van der Waals surface area contributed by atoms with E-state index in [4.69, 9.17) is 11.6 Å². The fourth-order valence-electron chi connectivity index (χ4n) is 2.56. The van der Waals surface area contributed by atoms with Gasteiger partial charge < -0.3 is 10.2 Å². The number of carbonyl (C=O) groups is 1. The molecular weight excluding hydrogens is 304 g/mol. The molecule has 3 rings (SSSR count). The average molecular weight is 321 g/mol. The number of rotatable bonds is 4. The number of fused-ring (bicyclic) bond motifs is 1. The van der Waals surface area contributed by atoms with E-state index in [2.05, 4.69) is 11.4 Å². The summed E-state index contributed by atoms with van der Waals surface area (Å²) in [5.74, 6) is 0.0803. The van der Waals surface area contributed by atoms with E-state index in [9.17, 15) is 4.79 Å². The molecule has 1 aliphatic rings. The molecule has 0 spiro atoms. The summed E-state index contributed by atoms with van der Waals surface area (Å²) in [6.07, 6.45) is 0. The van der Waals surface area contributed by atoms with Crippen LogP contribution in [0.4, 0.5) is 0 Å². The van der Waals surface area contributed by atoms with E-state index in [-0.39, 0.29) is 5.91 Å². The van der Waals surface area contributed by atoms with Gasteiger partial charge in [-0.2, -0.15) is 0 Å². The molecule has 5 heteroatoms. The van der Waals surface area contributed by atoms with Gasteiger partial charge in [-0.1, -0.05) is 17.7 Å². The van der Waals surface area contributed by atoms with Gasteiger partial charge in [0.15, 0.2) is 0 Å². The molecule has 0 unspecified atom stereocenters. The second-order valence-corrected chi connectivity index (χ2v) is 6.91. The molecule has 1 aromatic heterocycles. The highest BCUT2D eigenvalue weighted by atomic mass is 35.5. The first-order valence-electron chi connectivity index (χ1n) is 7.03. The van der Waals surface area contributed by atoms with Crippen LogP contribution >= 0.6 is 22.9 Å². The van der Waals surface area contributed by atoms with E-state index < -0.39 is 0 Å². The van der Waals surface area contributed by atoms with Gasteiger partial charge in [0, 0.05) is 30.1 Å². The molecule has 2 heterocycles. The Bertz CT molecular complexity index is 668. The van der Waals surface area contributed by atoms with Gasteiger partial charge in [0.1, 0.15) is 0 Å². The van der Waals surface area contributed by atoms with Crippen molar-refractivity contribution in [2.45, 2.75) is 26.6 Å². The quantitative estimate of drug-likeness (QED) is 0.932. The standard InChI is InChI=1S/C16H17ClN2OS/c1-2-19(10-14-5-6-15(17)21-14)16(20)11-3-4-12-8-18-9-13(12)7-11/h3-7,18H,2,8-10H2,1H3. The molecular formula is C16H17ClN2OS. The van der Waals surface area contributed by atoms with Crippen LogP contribution in [0.3, 0.4) is 0 Å². The average Bonchev–Trinajstić information content (AvgIpc) is 3.11. The fourth-order valence-corrected chi connectivity index (χ4v) is 3.67. The van der Waals surface area contributed by atoms with Crippen LogP contribution < -0.4 is 5.32 Å². The van der Waals surface area contributed by atoms with Gasteiger partial charge in [0.2, 0.25) is 0 Å². The maximum Gasteiger partial charge on any atom is 0.254 e. The van der Waals surface area contributed by atoms with E-state index in [1.54, 1.807) is 0 Å². The van der Waals surface area contributed by atoms with Crippen LogP contribution in [0, 0.1) is 0 Å². The van der Waals surface area contributed by atoms with Crippen molar-refractivity contribution < 1.29 is 4.79 Å². The van der Waals surface area contributed by atoms with Crippen molar-refractivity contribution in [3.05, 3.63) is 56.2 Å². The van der Waals surface area contributed by atoms with Gasteiger partial charge in [0.25, 0.3) is 5.91 Å². The lowest BCUT2D eigenvalue weighted by atomic mass is 10.1. The molecule has 3 nitrogen and oxygen atoms in total. The summed E-state index contributed by atoms with van der Waals surface area (Å²) in [7, 11) is 0. The zero-order valence-electron chi connectivity index (χ0n) is 11.9. The van der Waals surface area contributed by atoms with Gasteiger partial charge in [0.05, 0.1) is 10.9 Å². The number of hydrogen-bond donors (Lipinski definition) is 1. The molecule has 0 radical (unpaired) electrons. The summed E-state index contributed by atoms with van der Waals surface area (Å²) < 4.78 is 0.761. The fraction of sp³-hybridized carbons (Fsp3) is 0.312. The molecule has 110 valence electrons. The lowest BCUT2D eigenvalue weighted by molar-refractivity contribution is 0.0754. The topological polar surface area (TPSA) is 32.3 Å². The van der Waals surface area contributed by atoms with E-state index >= 15 is 0 Å². The van der Waals surface area contributed by atoms with Gasteiger partial charge in [-0.25, -0.2) is 0 Å². The number of amides is 1. The predicted octanol–water partition coefficient (Wildman–Crippen LogP) is 3.67. The first kappa shape index (κ1) is 14.6. The third kappa shape index (κ3) is 3.12. The van der Waals surface area contributed by atoms with Gasteiger partial charge in [-0.05, 0) is 42.3 Å². The molecule has 1 aliphatic heterocycles. The van der Waals surface area contributed by atoms with Crippen molar-refractivity contribution >= 4 is 28.8 Å². The SMILES string of the molecule is CCN(Cc1ccc(Cl)s1)C(=O)c1ccc2c(c1)CNC2. The number of hydrogen-bond acceptors (Lipinski definition) is 3. The highest BCUT2D eigenvalue weighted by Gasteiger charge is 2.18. The monoisotopic (exact) mass is 320 g/mol. The number of nitrogens with one attached hydrogen (secondary N) is 1.